The van der Waals surface area contributed by atoms with Crippen LogP contribution in [0.5, 0.6) is 23.0 Å². The predicted octanol–water partition coefficient (Wildman–Crippen LogP) is 2.49. The molecule has 0 saturated carbocycles. The number of hydrogen-bond donors (Lipinski definition) is 2. The van der Waals surface area contributed by atoms with Crippen LogP contribution < -0.4 is 14.2 Å². The van der Waals surface area contributed by atoms with Crippen molar-refractivity contribution in [2.45, 2.75) is 6.04 Å². The summed E-state index contributed by atoms with van der Waals surface area (Å²) in [4.78, 5) is 27.1. The van der Waals surface area contributed by atoms with Gasteiger partial charge in [0.1, 0.15) is 5.76 Å². The van der Waals surface area contributed by atoms with Gasteiger partial charge >= 0.3 is 0 Å². The number of aliphatic hydroxyl groups excluding tert-OH is 1. The fourth-order valence-corrected chi connectivity index (χ4v) is 3.66. The number of ether oxygens (including phenoxy) is 4. The van der Waals surface area contributed by atoms with Gasteiger partial charge in [0, 0.05) is 19.2 Å². The Morgan fingerprint density at radius 1 is 0.938 bits per heavy atom. The molecule has 2 aromatic carbocycles. The summed E-state index contributed by atoms with van der Waals surface area (Å²) in [5.74, 6) is -1.11. The van der Waals surface area contributed by atoms with E-state index < -0.39 is 17.7 Å². The van der Waals surface area contributed by atoms with Crippen molar-refractivity contribution in [1.82, 2.24) is 4.90 Å². The van der Waals surface area contributed by atoms with E-state index in [4.69, 9.17) is 18.9 Å². The number of hydrogen-bond acceptors (Lipinski definition) is 8. The van der Waals surface area contributed by atoms with Crippen molar-refractivity contribution in [1.29, 1.82) is 0 Å². The second kappa shape index (κ2) is 9.61. The molecule has 0 radical (unpaired) electrons. The van der Waals surface area contributed by atoms with Crippen molar-refractivity contribution < 1.29 is 38.7 Å². The minimum absolute atomic E-state index is 0.108. The molecule has 9 nitrogen and oxygen atoms in total. The quantitative estimate of drug-likeness (QED) is 0.363. The van der Waals surface area contributed by atoms with E-state index in [-0.39, 0.29) is 41.5 Å². The third-order valence-corrected chi connectivity index (χ3v) is 5.25. The zero-order chi connectivity index (χ0) is 23.4. The molecule has 0 spiro atoms. The second-order valence-electron chi connectivity index (χ2n) is 6.99. The average Bonchev–Trinajstić information content (AvgIpc) is 3.06. The molecule has 1 heterocycles. The summed E-state index contributed by atoms with van der Waals surface area (Å²) in [7, 11) is 5.82. The molecule has 1 unspecified atom stereocenters. The van der Waals surface area contributed by atoms with E-state index in [1.54, 1.807) is 18.2 Å². The van der Waals surface area contributed by atoms with Crippen LogP contribution in [0.2, 0.25) is 0 Å². The molecule has 1 fully saturated rings. The minimum atomic E-state index is -0.935. The highest BCUT2D eigenvalue weighted by atomic mass is 16.5. The monoisotopic (exact) mass is 443 g/mol. The maximum absolute atomic E-state index is 13.0. The van der Waals surface area contributed by atoms with E-state index in [1.807, 2.05) is 0 Å². The molecule has 2 aromatic rings. The van der Waals surface area contributed by atoms with Crippen LogP contribution in [0.25, 0.3) is 5.76 Å². The molecule has 1 aliphatic rings. The molecule has 170 valence electrons. The molecule has 1 atom stereocenters. The zero-order valence-corrected chi connectivity index (χ0v) is 18.2. The minimum Gasteiger partial charge on any atom is -0.507 e. The van der Waals surface area contributed by atoms with Crippen LogP contribution >= 0.6 is 0 Å². The number of phenolic OH excluding ortho intramolecular Hbond substituents is 1. The molecule has 3 rings (SSSR count). The van der Waals surface area contributed by atoms with Crippen LogP contribution in [0.4, 0.5) is 0 Å². The van der Waals surface area contributed by atoms with Gasteiger partial charge in [0.05, 0.1) is 39.6 Å². The highest BCUT2D eigenvalue weighted by Crippen LogP contribution is 2.42. The standard InChI is InChI=1S/C23H25NO8/c1-29-10-9-24-20(13-5-7-16(30-2)15(25)11-13)19(22(27)23(24)28)21(26)14-6-8-17(31-3)18(12-14)32-4/h5-8,11-12,20,25-26H,9-10H2,1-4H3/b21-19-. The van der Waals surface area contributed by atoms with Gasteiger partial charge in [-0.3, -0.25) is 9.59 Å². The van der Waals surface area contributed by atoms with Crippen LogP contribution in [0.1, 0.15) is 17.2 Å². The van der Waals surface area contributed by atoms with Gasteiger partial charge in [-0.2, -0.15) is 0 Å². The van der Waals surface area contributed by atoms with E-state index in [1.165, 1.54) is 51.5 Å². The van der Waals surface area contributed by atoms with Gasteiger partial charge in [0.25, 0.3) is 11.7 Å². The third kappa shape index (κ3) is 4.06. The number of carbonyl (C=O) groups is 2. The first-order valence-corrected chi connectivity index (χ1v) is 9.74. The van der Waals surface area contributed by atoms with Crippen molar-refractivity contribution in [2.75, 3.05) is 41.6 Å². The lowest BCUT2D eigenvalue weighted by Crippen LogP contribution is -2.32. The number of amides is 1. The smallest absolute Gasteiger partial charge is 0.295 e. The molecule has 1 aliphatic heterocycles. The zero-order valence-electron chi connectivity index (χ0n) is 18.2. The fourth-order valence-electron chi connectivity index (χ4n) is 3.66. The average molecular weight is 443 g/mol. The molecule has 1 amide bonds. The maximum atomic E-state index is 13.0. The molecular weight excluding hydrogens is 418 g/mol. The Bertz CT molecular complexity index is 1060. The van der Waals surface area contributed by atoms with Gasteiger partial charge in [-0.25, -0.2) is 0 Å². The summed E-state index contributed by atoms with van der Waals surface area (Å²) >= 11 is 0. The first kappa shape index (κ1) is 23.0. The Morgan fingerprint density at radius 2 is 1.59 bits per heavy atom. The van der Waals surface area contributed by atoms with E-state index in [0.717, 1.165) is 0 Å². The summed E-state index contributed by atoms with van der Waals surface area (Å²) in [5.41, 5.74) is 0.596. The summed E-state index contributed by atoms with van der Waals surface area (Å²) in [6.07, 6.45) is 0. The molecule has 0 aliphatic carbocycles. The van der Waals surface area contributed by atoms with E-state index in [2.05, 4.69) is 0 Å². The number of benzene rings is 2. The third-order valence-electron chi connectivity index (χ3n) is 5.25. The number of ketones is 1. The molecule has 9 heteroatoms. The Hall–Kier alpha value is -3.72. The SMILES string of the molecule is COCCN1C(=O)C(=O)/C(=C(\O)c2ccc(OC)c(OC)c2)C1c1ccc(OC)c(O)c1. The van der Waals surface area contributed by atoms with Crippen molar-refractivity contribution in [3.8, 4) is 23.0 Å². The highest BCUT2D eigenvalue weighted by Gasteiger charge is 2.46. The van der Waals surface area contributed by atoms with Gasteiger partial charge in [-0.05, 0) is 35.9 Å². The van der Waals surface area contributed by atoms with Gasteiger partial charge in [-0.1, -0.05) is 6.07 Å². The van der Waals surface area contributed by atoms with Gasteiger partial charge < -0.3 is 34.1 Å². The van der Waals surface area contributed by atoms with Crippen molar-refractivity contribution in [3.05, 3.63) is 53.1 Å². The molecule has 0 aromatic heterocycles. The Balaban J connectivity index is 2.19. The fraction of sp³-hybridized carbons (Fsp3) is 0.304. The lowest BCUT2D eigenvalue weighted by molar-refractivity contribution is -0.140. The van der Waals surface area contributed by atoms with Crippen molar-refractivity contribution in [3.63, 3.8) is 0 Å². The van der Waals surface area contributed by atoms with Crippen LogP contribution in [0, 0.1) is 0 Å². The number of Topliss-reactive ketones (excluding diaryl/α,β-unsaturated/α-hetero) is 1. The number of likely N-dealkylation sites (tertiary alicyclic amines) is 1. The van der Waals surface area contributed by atoms with Gasteiger partial charge in [0.15, 0.2) is 23.0 Å². The number of aromatic hydroxyl groups is 1. The number of methoxy groups -OCH3 is 4. The van der Waals surface area contributed by atoms with Gasteiger partial charge in [-0.15, -0.1) is 0 Å². The topological polar surface area (TPSA) is 115 Å². The van der Waals surface area contributed by atoms with Crippen molar-refractivity contribution in [2.24, 2.45) is 0 Å². The van der Waals surface area contributed by atoms with E-state index >= 15 is 0 Å². The molecule has 32 heavy (non-hydrogen) atoms. The summed E-state index contributed by atoms with van der Waals surface area (Å²) < 4.78 is 20.7. The van der Waals surface area contributed by atoms with Crippen LogP contribution in [0.3, 0.4) is 0 Å². The number of nitrogens with zero attached hydrogens (tertiary/aromatic N) is 1. The number of phenols is 1. The first-order chi connectivity index (χ1) is 15.4. The number of aliphatic hydroxyl groups is 1. The van der Waals surface area contributed by atoms with E-state index in [9.17, 15) is 19.8 Å². The number of rotatable bonds is 8. The highest BCUT2D eigenvalue weighted by molar-refractivity contribution is 6.46. The Morgan fingerprint density at radius 3 is 2.19 bits per heavy atom. The summed E-state index contributed by atoms with van der Waals surface area (Å²) in [5, 5.41) is 21.4. The van der Waals surface area contributed by atoms with Crippen LogP contribution in [-0.4, -0.2) is 68.4 Å². The Kier molecular flexibility index (Phi) is 6.89. The molecular formula is C23H25NO8. The van der Waals surface area contributed by atoms with Crippen LogP contribution in [0.15, 0.2) is 42.0 Å². The number of carbonyl (C=O) groups excluding carboxylic acids is 2. The van der Waals surface area contributed by atoms with Crippen LogP contribution in [-0.2, 0) is 14.3 Å². The predicted molar refractivity (Wildman–Crippen MR) is 115 cm³/mol. The lowest BCUT2D eigenvalue weighted by Gasteiger charge is -2.25. The molecule has 2 N–H and O–H groups in total. The summed E-state index contributed by atoms with van der Waals surface area (Å²) in [6.45, 7) is 0.295. The Labute approximate surface area is 185 Å². The van der Waals surface area contributed by atoms with E-state index in [0.29, 0.717) is 17.1 Å². The summed E-state index contributed by atoms with van der Waals surface area (Å²) in [6, 6.07) is 8.27. The molecule has 0 bridgehead atoms. The normalized spacial score (nSPS) is 17.5. The second-order valence-corrected chi connectivity index (χ2v) is 6.99. The first-order valence-electron chi connectivity index (χ1n) is 9.74. The largest absolute Gasteiger partial charge is 0.507 e. The maximum Gasteiger partial charge on any atom is 0.295 e. The molecule has 1 saturated heterocycles. The van der Waals surface area contributed by atoms with Crippen molar-refractivity contribution >= 4 is 17.4 Å². The van der Waals surface area contributed by atoms with Gasteiger partial charge in [0.2, 0.25) is 0 Å². The lowest BCUT2D eigenvalue weighted by atomic mass is 9.95.